The molecule has 0 bridgehead atoms. The van der Waals surface area contributed by atoms with E-state index in [9.17, 15) is 5.11 Å². The molecule has 1 heterocycles. The van der Waals surface area contributed by atoms with Gasteiger partial charge in [-0.2, -0.15) is 0 Å². The maximum atomic E-state index is 9.31. The molecule has 1 saturated carbocycles. The molecule has 3 N–H and O–H groups in total. The summed E-state index contributed by atoms with van der Waals surface area (Å²) in [4.78, 5) is 4.74. The zero-order valence-corrected chi connectivity index (χ0v) is 11.9. The van der Waals surface area contributed by atoms with E-state index in [0.717, 1.165) is 36.1 Å². The van der Waals surface area contributed by atoms with Gasteiger partial charge in [0, 0.05) is 18.5 Å². The van der Waals surface area contributed by atoms with E-state index >= 15 is 0 Å². The van der Waals surface area contributed by atoms with Gasteiger partial charge in [-0.1, -0.05) is 31.4 Å². The number of benzene rings is 1. The monoisotopic (exact) mass is 273 g/mol. The lowest BCUT2D eigenvalue weighted by Gasteiger charge is -2.33. The Bertz CT molecular complexity index is 584. The number of hydrogen-bond donors (Lipinski definition) is 2. The fourth-order valence-corrected chi connectivity index (χ4v) is 3.36. The van der Waals surface area contributed by atoms with Crippen LogP contribution in [0.3, 0.4) is 0 Å². The number of aliphatic hydroxyl groups excluding tert-OH is 1. The summed E-state index contributed by atoms with van der Waals surface area (Å²) in [6.45, 7) is 0.719. The molecule has 0 saturated heterocycles. The molecule has 2 aromatic rings. The minimum Gasteiger partial charge on any atom is -0.395 e. The van der Waals surface area contributed by atoms with Crippen LogP contribution in [0, 0.1) is 0 Å². The van der Waals surface area contributed by atoms with Crippen molar-refractivity contribution < 1.29 is 5.11 Å². The number of aromatic nitrogens is 2. The Morgan fingerprint density at radius 1 is 1.20 bits per heavy atom. The lowest BCUT2D eigenvalue weighted by Crippen LogP contribution is -2.44. The maximum Gasteiger partial charge on any atom is 0.111 e. The highest BCUT2D eigenvalue weighted by molar-refractivity contribution is 5.75. The van der Waals surface area contributed by atoms with Crippen LogP contribution in [0.15, 0.2) is 24.3 Å². The summed E-state index contributed by atoms with van der Waals surface area (Å²) in [7, 11) is 0. The van der Waals surface area contributed by atoms with Crippen molar-refractivity contribution in [3.63, 3.8) is 0 Å². The Morgan fingerprint density at radius 3 is 2.70 bits per heavy atom. The maximum absolute atomic E-state index is 9.31. The van der Waals surface area contributed by atoms with Gasteiger partial charge in [0.1, 0.15) is 5.82 Å². The van der Waals surface area contributed by atoms with Gasteiger partial charge in [-0.05, 0) is 25.0 Å². The molecule has 4 nitrogen and oxygen atoms in total. The van der Waals surface area contributed by atoms with E-state index < -0.39 is 0 Å². The van der Waals surface area contributed by atoms with Crippen LogP contribution in [0.25, 0.3) is 11.0 Å². The Hall–Kier alpha value is -1.39. The van der Waals surface area contributed by atoms with Crippen LogP contribution < -0.4 is 5.73 Å². The predicted molar refractivity (Wildman–Crippen MR) is 80.5 cm³/mol. The zero-order chi connectivity index (χ0) is 14.0. The first-order valence-corrected chi connectivity index (χ1v) is 7.56. The summed E-state index contributed by atoms with van der Waals surface area (Å²) in [5.41, 5.74) is 8.53. The fraction of sp³-hybridized carbons (Fsp3) is 0.562. The number of aliphatic hydroxyl groups is 1. The van der Waals surface area contributed by atoms with Crippen molar-refractivity contribution in [3.05, 3.63) is 30.1 Å². The number of para-hydroxylation sites is 2. The Labute approximate surface area is 119 Å². The molecule has 1 fully saturated rings. The van der Waals surface area contributed by atoms with Gasteiger partial charge in [0.05, 0.1) is 17.6 Å². The van der Waals surface area contributed by atoms with E-state index in [1.165, 1.54) is 19.3 Å². The molecule has 3 rings (SSSR count). The van der Waals surface area contributed by atoms with Gasteiger partial charge in [-0.15, -0.1) is 0 Å². The van der Waals surface area contributed by atoms with Crippen molar-refractivity contribution in [1.29, 1.82) is 0 Å². The molecule has 4 heteroatoms. The van der Waals surface area contributed by atoms with Crippen LogP contribution in [-0.2, 0) is 13.0 Å². The standard InChI is InChI=1S/C16H23N3O/c17-16(8-4-1-5-9-16)12-15-18-13-6-2-3-7-14(13)19(15)10-11-20/h2-3,6-7,20H,1,4-5,8-12,17H2. The van der Waals surface area contributed by atoms with Gasteiger partial charge < -0.3 is 15.4 Å². The highest BCUT2D eigenvalue weighted by atomic mass is 16.3. The Balaban J connectivity index is 1.95. The fourth-order valence-electron chi connectivity index (χ4n) is 3.36. The molecule has 20 heavy (non-hydrogen) atoms. The largest absolute Gasteiger partial charge is 0.395 e. The van der Waals surface area contributed by atoms with Crippen molar-refractivity contribution in [2.45, 2.75) is 50.6 Å². The first-order valence-electron chi connectivity index (χ1n) is 7.56. The van der Waals surface area contributed by atoms with E-state index in [0.29, 0.717) is 6.54 Å². The van der Waals surface area contributed by atoms with Gasteiger partial charge in [0.2, 0.25) is 0 Å². The van der Waals surface area contributed by atoms with Gasteiger partial charge >= 0.3 is 0 Å². The van der Waals surface area contributed by atoms with E-state index in [1.807, 2.05) is 18.2 Å². The molecule has 0 amide bonds. The van der Waals surface area contributed by atoms with Crippen LogP contribution in [0.1, 0.15) is 37.9 Å². The van der Waals surface area contributed by atoms with Crippen molar-refractivity contribution in [1.82, 2.24) is 9.55 Å². The van der Waals surface area contributed by atoms with Gasteiger partial charge in [-0.3, -0.25) is 0 Å². The number of nitrogens with zero attached hydrogens (tertiary/aromatic N) is 2. The quantitative estimate of drug-likeness (QED) is 0.898. The van der Waals surface area contributed by atoms with Crippen LogP contribution in [0.4, 0.5) is 0 Å². The van der Waals surface area contributed by atoms with Crippen molar-refractivity contribution in [2.75, 3.05) is 6.61 Å². The van der Waals surface area contributed by atoms with Gasteiger partial charge in [-0.25, -0.2) is 4.98 Å². The average Bonchev–Trinajstić information content (AvgIpc) is 2.77. The van der Waals surface area contributed by atoms with Gasteiger partial charge in [0.25, 0.3) is 0 Å². The molecule has 1 aromatic carbocycles. The summed E-state index contributed by atoms with van der Waals surface area (Å²) >= 11 is 0. The average molecular weight is 273 g/mol. The van der Waals surface area contributed by atoms with Crippen molar-refractivity contribution >= 4 is 11.0 Å². The van der Waals surface area contributed by atoms with Crippen LogP contribution in [0.2, 0.25) is 0 Å². The van der Waals surface area contributed by atoms with E-state index in [1.54, 1.807) is 0 Å². The van der Waals surface area contributed by atoms with Crippen LogP contribution in [-0.4, -0.2) is 26.8 Å². The second kappa shape index (κ2) is 5.54. The number of hydrogen-bond acceptors (Lipinski definition) is 3. The van der Waals surface area contributed by atoms with Gasteiger partial charge in [0.15, 0.2) is 0 Å². The van der Waals surface area contributed by atoms with Crippen LogP contribution >= 0.6 is 0 Å². The van der Waals surface area contributed by atoms with Crippen molar-refractivity contribution in [3.8, 4) is 0 Å². The Kier molecular flexibility index (Phi) is 3.76. The molecule has 0 atom stereocenters. The molecule has 1 aliphatic rings. The smallest absolute Gasteiger partial charge is 0.111 e. The summed E-state index contributed by atoms with van der Waals surface area (Å²) in [6.07, 6.45) is 6.70. The molecular weight excluding hydrogens is 250 g/mol. The molecule has 1 aliphatic carbocycles. The normalized spacial score (nSPS) is 18.5. The third kappa shape index (κ3) is 2.58. The van der Waals surface area contributed by atoms with Crippen LogP contribution in [0.5, 0.6) is 0 Å². The highest BCUT2D eigenvalue weighted by Crippen LogP contribution is 2.30. The first-order chi connectivity index (χ1) is 9.72. The molecule has 108 valence electrons. The molecular formula is C16H23N3O. The second-order valence-corrected chi connectivity index (χ2v) is 5.99. The van der Waals surface area contributed by atoms with E-state index in [-0.39, 0.29) is 12.1 Å². The van der Waals surface area contributed by atoms with E-state index in [2.05, 4.69) is 10.6 Å². The summed E-state index contributed by atoms with van der Waals surface area (Å²) in [5, 5.41) is 9.31. The molecule has 0 aliphatic heterocycles. The predicted octanol–water partition coefficient (Wildman–Crippen LogP) is 2.23. The minimum absolute atomic E-state index is 0.118. The molecule has 0 radical (unpaired) electrons. The summed E-state index contributed by atoms with van der Waals surface area (Å²) < 4.78 is 2.12. The Morgan fingerprint density at radius 2 is 1.95 bits per heavy atom. The molecule has 0 unspecified atom stereocenters. The van der Waals surface area contributed by atoms with Crippen molar-refractivity contribution in [2.24, 2.45) is 5.73 Å². The SMILES string of the molecule is NC1(Cc2nc3ccccc3n2CCO)CCCCC1. The number of rotatable bonds is 4. The third-order valence-electron chi connectivity index (χ3n) is 4.42. The highest BCUT2D eigenvalue weighted by Gasteiger charge is 2.29. The topological polar surface area (TPSA) is 64.1 Å². The second-order valence-electron chi connectivity index (χ2n) is 5.99. The van der Waals surface area contributed by atoms with E-state index in [4.69, 9.17) is 10.7 Å². The number of fused-ring (bicyclic) bond motifs is 1. The summed E-state index contributed by atoms with van der Waals surface area (Å²) in [6, 6.07) is 8.10. The minimum atomic E-state index is -0.118. The molecule has 0 spiro atoms. The first kappa shape index (κ1) is 13.6. The number of imidazole rings is 1. The number of nitrogens with two attached hydrogens (primary N) is 1. The lowest BCUT2D eigenvalue weighted by atomic mass is 9.80. The molecule has 1 aromatic heterocycles. The zero-order valence-electron chi connectivity index (χ0n) is 11.9. The lowest BCUT2D eigenvalue weighted by molar-refractivity contribution is 0.265. The summed E-state index contributed by atoms with van der Waals surface area (Å²) in [5.74, 6) is 1.02. The third-order valence-corrected chi connectivity index (χ3v) is 4.42.